The van der Waals surface area contributed by atoms with Gasteiger partial charge in [0.15, 0.2) is 5.69 Å². The predicted molar refractivity (Wildman–Crippen MR) is 100 cm³/mol. The number of aryl methyl sites for hydroxylation is 1. The minimum atomic E-state index is -0.348. The molecule has 2 aromatic heterocycles. The topological polar surface area (TPSA) is 55.0 Å². The number of aromatic amines is 1. The van der Waals surface area contributed by atoms with Crippen LogP contribution in [0.4, 0.5) is 0 Å². The number of fused-ring (bicyclic) bond motifs is 3. The summed E-state index contributed by atoms with van der Waals surface area (Å²) in [5, 5.41) is 2.27. The average Bonchev–Trinajstić information content (AvgIpc) is 3.01. The van der Waals surface area contributed by atoms with Crippen LogP contribution in [-0.4, -0.2) is 22.5 Å². The lowest BCUT2D eigenvalue weighted by Gasteiger charge is -2.22. The first-order valence-electron chi connectivity index (χ1n) is 9.27. The highest BCUT2D eigenvalue weighted by atomic mass is 16.5. The maximum atomic E-state index is 12.2. The molecule has 0 amide bonds. The van der Waals surface area contributed by atoms with Gasteiger partial charge in [-0.15, -0.1) is 0 Å². The summed E-state index contributed by atoms with van der Waals surface area (Å²) in [7, 11) is 0. The zero-order chi connectivity index (χ0) is 17.4. The van der Waals surface area contributed by atoms with Crippen LogP contribution in [0.15, 0.2) is 24.4 Å². The van der Waals surface area contributed by atoms with Gasteiger partial charge in [0.1, 0.15) is 0 Å². The van der Waals surface area contributed by atoms with Gasteiger partial charge < -0.3 is 9.72 Å². The molecule has 0 bridgehead atoms. The Balaban J connectivity index is 1.86. The van der Waals surface area contributed by atoms with Gasteiger partial charge in [0.2, 0.25) is 0 Å². The second kappa shape index (κ2) is 6.51. The van der Waals surface area contributed by atoms with E-state index in [-0.39, 0.29) is 5.97 Å². The summed E-state index contributed by atoms with van der Waals surface area (Å²) in [4.78, 5) is 19.9. The van der Waals surface area contributed by atoms with Gasteiger partial charge >= 0.3 is 5.97 Å². The first-order chi connectivity index (χ1) is 12.2. The lowest BCUT2D eigenvalue weighted by Crippen LogP contribution is -2.09. The molecule has 0 aliphatic heterocycles. The summed E-state index contributed by atoms with van der Waals surface area (Å²) < 4.78 is 5.15. The Hall–Kier alpha value is -2.36. The van der Waals surface area contributed by atoms with E-state index in [4.69, 9.17) is 4.74 Å². The Morgan fingerprint density at radius 2 is 2.04 bits per heavy atom. The van der Waals surface area contributed by atoms with Crippen molar-refractivity contribution in [1.29, 1.82) is 0 Å². The van der Waals surface area contributed by atoms with E-state index in [1.807, 2.05) is 13.8 Å². The molecular weight excluding hydrogens is 312 g/mol. The van der Waals surface area contributed by atoms with E-state index in [0.29, 0.717) is 18.2 Å². The standard InChI is InChI=1S/C21H24N2O2/c1-3-25-21(24)20-13(2)19-16-11-15(14-7-5-4-6-8-14)9-10-17(16)23-18(19)12-22-20/h9-12,14,23H,3-8H2,1-2H3. The van der Waals surface area contributed by atoms with Crippen molar-refractivity contribution in [1.82, 2.24) is 9.97 Å². The number of pyridine rings is 1. The number of nitrogens with one attached hydrogen (secondary N) is 1. The van der Waals surface area contributed by atoms with Gasteiger partial charge in [-0.1, -0.05) is 25.3 Å². The molecule has 130 valence electrons. The normalized spacial score (nSPS) is 15.8. The fourth-order valence-corrected chi connectivity index (χ4v) is 4.17. The lowest BCUT2D eigenvalue weighted by atomic mass is 9.83. The van der Waals surface area contributed by atoms with Crippen molar-refractivity contribution < 1.29 is 9.53 Å². The summed E-state index contributed by atoms with van der Waals surface area (Å²) in [6.07, 6.45) is 8.32. The van der Waals surface area contributed by atoms with Crippen molar-refractivity contribution in [2.75, 3.05) is 6.61 Å². The summed E-state index contributed by atoms with van der Waals surface area (Å²) in [6, 6.07) is 6.73. The number of H-pyrrole nitrogens is 1. The number of ether oxygens (including phenoxy) is 1. The zero-order valence-electron chi connectivity index (χ0n) is 14.9. The van der Waals surface area contributed by atoms with Crippen LogP contribution in [0.3, 0.4) is 0 Å². The highest BCUT2D eigenvalue weighted by molar-refractivity contribution is 6.11. The van der Waals surface area contributed by atoms with E-state index < -0.39 is 0 Å². The van der Waals surface area contributed by atoms with E-state index in [2.05, 4.69) is 28.2 Å². The molecular formula is C21H24N2O2. The molecule has 0 atom stereocenters. The quantitative estimate of drug-likeness (QED) is 0.665. The molecule has 4 nitrogen and oxygen atoms in total. The molecule has 4 heteroatoms. The SMILES string of the molecule is CCOC(=O)c1ncc2[nH]c3ccc(C4CCCCC4)cc3c2c1C. The Morgan fingerprint density at radius 3 is 2.80 bits per heavy atom. The Labute approximate surface area is 147 Å². The number of benzene rings is 1. The number of carbonyl (C=O) groups excluding carboxylic acids is 1. The number of rotatable bonds is 3. The molecule has 1 aliphatic carbocycles. The van der Waals surface area contributed by atoms with Crippen molar-refractivity contribution in [2.24, 2.45) is 0 Å². The Bertz CT molecular complexity index is 936. The Kier molecular flexibility index (Phi) is 4.20. The molecule has 0 radical (unpaired) electrons. The van der Waals surface area contributed by atoms with Crippen LogP contribution < -0.4 is 0 Å². The third kappa shape index (κ3) is 2.80. The molecule has 2 heterocycles. The fraction of sp³-hybridized carbons (Fsp3) is 0.429. The van der Waals surface area contributed by atoms with Crippen LogP contribution in [0.1, 0.15) is 66.6 Å². The molecule has 1 aromatic carbocycles. The minimum Gasteiger partial charge on any atom is -0.461 e. The highest BCUT2D eigenvalue weighted by Gasteiger charge is 2.19. The minimum absolute atomic E-state index is 0.348. The van der Waals surface area contributed by atoms with Gasteiger partial charge in [0, 0.05) is 16.3 Å². The van der Waals surface area contributed by atoms with Gasteiger partial charge in [-0.3, -0.25) is 0 Å². The second-order valence-corrected chi connectivity index (χ2v) is 7.01. The van der Waals surface area contributed by atoms with Crippen LogP contribution in [0, 0.1) is 6.92 Å². The lowest BCUT2D eigenvalue weighted by molar-refractivity contribution is 0.0519. The third-order valence-corrected chi connectivity index (χ3v) is 5.45. The van der Waals surface area contributed by atoms with Gasteiger partial charge in [0.25, 0.3) is 0 Å². The first-order valence-corrected chi connectivity index (χ1v) is 9.27. The summed E-state index contributed by atoms with van der Waals surface area (Å²) >= 11 is 0. The van der Waals surface area contributed by atoms with Crippen molar-refractivity contribution in [2.45, 2.75) is 51.9 Å². The molecule has 3 aromatic rings. The van der Waals surface area contributed by atoms with Gasteiger partial charge in [-0.25, -0.2) is 9.78 Å². The molecule has 25 heavy (non-hydrogen) atoms. The maximum absolute atomic E-state index is 12.2. The van der Waals surface area contributed by atoms with Crippen molar-refractivity contribution in [3.63, 3.8) is 0 Å². The van der Waals surface area contributed by atoms with E-state index in [1.54, 1.807) is 6.20 Å². The summed E-state index contributed by atoms with van der Waals surface area (Å²) in [6.45, 7) is 4.13. The van der Waals surface area contributed by atoms with Gasteiger partial charge in [-0.05, 0) is 55.9 Å². The molecule has 1 fully saturated rings. The van der Waals surface area contributed by atoms with Gasteiger partial charge in [-0.2, -0.15) is 0 Å². The summed E-state index contributed by atoms with van der Waals surface area (Å²) in [5.41, 5.74) is 4.80. The van der Waals surface area contributed by atoms with Crippen LogP contribution in [0.25, 0.3) is 21.8 Å². The van der Waals surface area contributed by atoms with E-state index in [1.165, 1.54) is 43.1 Å². The Morgan fingerprint density at radius 1 is 1.24 bits per heavy atom. The summed E-state index contributed by atoms with van der Waals surface area (Å²) in [5.74, 6) is 0.314. The second-order valence-electron chi connectivity index (χ2n) is 7.01. The number of aromatic nitrogens is 2. The molecule has 0 spiro atoms. The third-order valence-electron chi connectivity index (χ3n) is 5.45. The van der Waals surface area contributed by atoms with Crippen LogP contribution in [0.2, 0.25) is 0 Å². The number of hydrogen-bond acceptors (Lipinski definition) is 3. The van der Waals surface area contributed by atoms with Gasteiger partial charge in [0.05, 0.1) is 18.3 Å². The molecule has 0 saturated heterocycles. The molecule has 1 N–H and O–H groups in total. The molecule has 1 saturated carbocycles. The predicted octanol–water partition coefficient (Wildman–Crippen LogP) is 5.25. The van der Waals surface area contributed by atoms with Crippen LogP contribution in [-0.2, 0) is 4.74 Å². The molecule has 1 aliphatic rings. The number of carbonyl (C=O) groups is 1. The van der Waals surface area contributed by atoms with E-state index in [9.17, 15) is 4.79 Å². The molecule has 0 unspecified atom stereocenters. The maximum Gasteiger partial charge on any atom is 0.357 e. The number of esters is 1. The van der Waals surface area contributed by atoms with E-state index in [0.717, 1.165) is 22.0 Å². The number of hydrogen-bond donors (Lipinski definition) is 1. The van der Waals surface area contributed by atoms with Crippen LogP contribution >= 0.6 is 0 Å². The molecule has 4 rings (SSSR count). The first kappa shape index (κ1) is 16.1. The zero-order valence-corrected chi connectivity index (χ0v) is 14.9. The number of nitrogens with zero attached hydrogens (tertiary/aromatic N) is 1. The highest BCUT2D eigenvalue weighted by Crippen LogP contribution is 2.36. The fourth-order valence-electron chi connectivity index (χ4n) is 4.17. The smallest absolute Gasteiger partial charge is 0.357 e. The monoisotopic (exact) mass is 336 g/mol. The largest absolute Gasteiger partial charge is 0.461 e. The van der Waals surface area contributed by atoms with Crippen LogP contribution in [0.5, 0.6) is 0 Å². The van der Waals surface area contributed by atoms with E-state index >= 15 is 0 Å². The van der Waals surface area contributed by atoms with Crippen molar-refractivity contribution >= 4 is 27.8 Å². The average molecular weight is 336 g/mol. The van der Waals surface area contributed by atoms with Crippen molar-refractivity contribution in [3.8, 4) is 0 Å². The van der Waals surface area contributed by atoms with Crippen molar-refractivity contribution in [3.05, 3.63) is 41.2 Å².